The lowest BCUT2D eigenvalue weighted by Crippen LogP contribution is -2.17. The van der Waals surface area contributed by atoms with Crippen molar-refractivity contribution >= 4 is 50.2 Å². The van der Waals surface area contributed by atoms with Gasteiger partial charge in [0.15, 0.2) is 0 Å². The minimum absolute atomic E-state index is 0.0718. The maximum Gasteiger partial charge on any atom is 0.265 e. The molecule has 0 aliphatic heterocycles. The molecule has 0 radical (unpaired) electrons. The smallest absolute Gasteiger partial charge is 0.265 e. The molecule has 0 aliphatic rings. The Hall–Kier alpha value is -2.42. The summed E-state index contributed by atoms with van der Waals surface area (Å²) >= 11 is 7.19. The second-order valence-electron chi connectivity index (χ2n) is 5.16. The van der Waals surface area contributed by atoms with Gasteiger partial charge in [-0.1, -0.05) is 29.8 Å². The van der Waals surface area contributed by atoms with Crippen molar-refractivity contribution in [3.63, 3.8) is 0 Å². The predicted octanol–water partition coefficient (Wildman–Crippen LogP) is 4.59. The van der Waals surface area contributed by atoms with Crippen LogP contribution in [0.1, 0.15) is 9.67 Å². The summed E-state index contributed by atoms with van der Waals surface area (Å²) in [6.45, 7) is 0. The summed E-state index contributed by atoms with van der Waals surface area (Å²) in [5.74, 6) is -1.29. The van der Waals surface area contributed by atoms with Gasteiger partial charge in [-0.15, -0.1) is 11.3 Å². The van der Waals surface area contributed by atoms with Crippen LogP contribution in [0.3, 0.4) is 0 Å². The molecule has 9 heteroatoms. The number of sulfonamides is 1. The van der Waals surface area contributed by atoms with Gasteiger partial charge in [0.2, 0.25) is 0 Å². The number of hydrogen-bond acceptors (Lipinski definition) is 4. The van der Waals surface area contributed by atoms with E-state index in [9.17, 15) is 17.6 Å². The molecule has 1 aromatic heterocycles. The number of hydrogen-bond donors (Lipinski definition) is 2. The number of nitrogens with one attached hydrogen (secondary N) is 2. The Balaban J connectivity index is 1.93. The van der Waals surface area contributed by atoms with Crippen molar-refractivity contribution in [3.8, 4) is 0 Å². The normalized spacial score (nSPS) is 11.2. The van der Waals surface area contributed by atoms with Gasteiger partial charge in [-0.25, -0.2) is 12.8 Å². The van der Waals surface area contributed by atoms with E-state index in [2.05, 4.69) is 10.0 Å². The molecular formula is C17H12ClFN2O3S2. The van der Waals surface area contributed by atoms with E-state index in [0.717, 1.165) is 12.1 Å². The molecule has 1 heterocycles. The summed E-state index contributed by atoms with van der Waals surface area (Å²) in [6.07, 6.45) is 0. The lowest BCUT2D eigenvalue weighted by atomic mass is 10.2. The molecule has 1 amide bonds. The highest BCUT2D eigenvalue weighted by molar-refractivity contribution is 7.92. The number of carbonyl (C=O) groups excluding carboxylic acids is 1. The van der Waals surface area contributed by atoms with Gasteiger partial charge >= 0.3 is 0 Å². The molecule has 134 valence electrons. The van der Waals surface area contributed by atoms with Crippen molar-refractivity contribution in [2.75, 3.05) is 10.0 Å². The van der Waals surface area contributed by atoms with Crippen LogP contribution in [0.2, 0.25) is 5.02 Å². The lowest BCUT2D eigenvalue weighted by molar-refractivity contribution is 0.103. The van der Waals surface area contributed by atoms with Crippen LogP contribution in [-0.2, 0) is 10.0 Å². The van der Waals surface area contributed by atoms with Crippen LogP contribution in [0.25, 0.3) is 0 Å². The quantitative estimate of drug-likeness (QED) is 0.645. The maximum absolute atomic E-state index is 13.8. The Labute approximate surface area is 158 Å². The highest BCUT2D eigenvalue weighted by Gasteiger charge is 2.21. The van der Waals surface area contributed by atoms with Crippen LogP contribution in [0, 0.1) is 5.82 Å². The maximum atomic E-state index is 13.8. The second-order valence-corrected chi connectivity index (χ2v) is 8.19. The van der Waals surface area contributed by atoms with Gasteiger partial charge in [0.25, 0.3) is 15.9 Å². The lowest BCUT2D eigenvalue weighted by Gasteiger charge is -2.14. The molecule has 0 unspecified atom stereocenters. The van der Waals surface area contributed by atoms with Gasteiger partial charge in [0.05, 0.1) is 16.3 Å². The summed E-state index contributed by atoms with van der Waals surface area (Å²) < 4.78 is 41.1. The summed E-state index contributed by atoms with van der Waals surface area (Å²) in [6, 6.07) is 12.6. The zero-order valence-electron chi connectivity index (χ0n) is 13.1. The zero-order chi connectivity index (χ0) is 18.7. The van der Waals surface area contributed by atoms with Crippen molar-refractivity contribution < 1.29 is 17.6 Å². The number of carbonyl (C=O) groups is 1. The van der Waals surface area contributed by atoms with E-state index in [0.29, 0.717) is 9.90 Å². The van der Waals surface area contributed by atoms with Crippen molar-refractivity contribution in [2.45, 2.75) is 4.90 Å². The SMILES string of the molecule is O=C(Nc1cc(Cl)ccc1NS(=O)(=O)c1ccccc1F)c1cccs1. The summed E-state index contributed by atoms with van der Waals surface area (Å²) in [5, 5.41) is 4.66. The average molecular weight is 411 g/mol. The third-order valence-electron chi connectivity index (χ3n) is 3.35. The molecule has 0 atom stereocenters. The molecule has 2 aromatic carbocycles. The monoisotopic (exact) mass is 410 g/mol. The zero-order valence-corrected chi connectivity index (χ0v) is 15.5. The fraction of sp³-hybridized carbons (Fsp3) is 0. The predicted molar refractivity (Wildman–Crippen MR) is 101 cm³/mol. The van der Waals surface area contributed by atoms with Crippen molar-refractivity contribution in [3.05, 3.63) is 75.7 Å². The van der Waals surface area contributed by atoms with E-state index in [4.69, 9.17) is 11.6 Å². The number of thiophene rings is 1. The molecule has 0 fully saturated rings. The molecule has 0 bridgehead atoms. The van der Waals surface area contributed by atoms with Crippen molar-refractivity contribution in [1.29, 1.82) is 0 Å². The Bertz CT molecular complexity index is 1050. The molecule has 0 aliphatic carbocycles. The number of amides is 1. The number of anilines is 2. The summed E-state index contributed by atoms with van der Waals surface area (Å²) in [4.78, 5) is 12.2. The average Bonchev–Trinajstić information content (AvgIpc) is 3.12. The Morgan fingerprint density at radius 3 is 2.50 bits per heavy atom. The first kappa shape index (κ1) is 18.4. The van der Waals surface area contributed by atoms with Crippen molar-refractivity contribution in [1.82, 2.24) is 0 Å². The Morgan fingerprint density at radius 2 is 1.81 bits per heavy atom. The molecule has 26 heavy (non-hydrogen) atoms. The minimum atomic E-state index is -4.19. The van der Waals surface area contributed by atoms with E-state index in [1.54, 1.807) is 17.5 Å². The van der Waals surface area contributed by atoms with Crippen LogP contribution in [0.15, 0.2) is 64.9 Å². The van der Waals surface area contributed by atoms with E-state index in [1.165, 1.54) is 41.7 Å². The molecule has 3 aromatic rings. The van der Waals surface area contributed by atoms with Gasteiger partial charge in [0.1, 0.15) is 10.7 Å². The fourth-order valence-electron chi connectivity index (χ4n) is 2.16. The number of rotatable bonds is 5. The van der Waals surface area contributed by atoms with Gasteiger partial charge in [-0.2, -0.15) is 0 Å². The van der Waals surface area contributed by atoms with E-state index in [-0.39, 0.29) is 11.4 Å². The molecule has 0 saturated heterocycles. The topological polar surface area (TPSA) is 75.3 Å². The molecule has 0 saturated carbocycles. The molecule has 3 rings (SSSR count). The third kappa shape index (κ3) is 4.04. The highest BCUT2D eigenvalue weighted by atomic mass is 35.5. The third-order valence-corrected chi connectivity index (χ3v) is 5.85. The summed E-state index contributed by atoms with van der Waals surface area (Å²) in [5.41, 5.74) is 0.235. The van der Waals surface area contributed by atoms with Crippen LogP contribution < -0.4 is 10.0 Å². The van der Waals surface area contributed by atoms with E-state index in [1.807, 2.05) is 0 Å². The van der Waals surface area contributed by atoms with E-state index < -0.39 is 26.6 Å². The van der Waals surface area contributed by atoms with Gasteiger partial charge in [-0.05, 0) is 41.8 Å². The van der Waals surface area contributed by atoms with Gasteiger partial charge in [-0.3, -0.25) is 9.52 Å². The van der Waals surface area contributed by atoms with Crippen LogP contribution in [-0.4, -0.2) is 14.3 Å². The van der Waals surface area contributed by atoms with Crippen molar-refractivity contribution in [2.24, 2.45) is 0 Å². The molecule has 0 spiro atoms. The number of halogens is 2. The van der Waals surface area contributed by atoms with Gasteiger partial charge in [0, 0.05) is 5.02 Å². The Kier molecular flexibility index (Phi) is 5.26. The first-order valence-corrected chi connectivity index (χ1v) is 10.0. The first-order chi connectivity index (χ1) is 12.4. The number of benzene rings is 2. The second kappa shape index (κ2) is 7.45. The van der Waals surface area contributed by atoms with Crippen LogP contribution >= 0.6 is 22.9 Å². The first-order valence-electron chi connectivity index (χ1n) is 7.28. The van der Waals surface area contributed by atoms with Gasteiger partial charge < -0.3 is 5.32 Å². The standard InChI is InChI=1S/C17H12ClFN2O3S2/c18-11-7-8-13(14(10-11)20-17(22)15-5-3-9-25-15)21-26(23,24)16-6-2-1-4-12(16)19/h1-10,21H,(H,20,22). The highest BCUT2D eigenvalue weighted by Crippen LogP contribution is 2.29. The Morgan fingerprint density at radius 1 is 1.04 bits per heavy atom. The van der Waals surface area contributed by atoms with E-state index >= 15 is 0 Å². The summed E-state index contributed by atoms with van der Waals surface area (Å²) in [7, 11) is -4.19. The molecule has 5 nitrogen and oxygen atoms in total. The largest absolute Gasteiger partial charge is 0.319 e. The molecule has 2 N–H and O–H groups in total. The fourth-order valence-corrected chi connectivity index (χ4v) is 4.11. The molecular weight excluding hydrogens is 399 g/mol. The van der Waals surface area contributed by atoms with Crippen LogP contribution in [0.4, 0.5) is 15.8 Å². The minimum Gasteiger partial charge on any atom is -0.319 e. The van der Waals surface area contributed by atoms with Crippen LogP contribution in [0.5, 0.6) is 0 Å².